The van der Waals surface area contributed by atoms with Gasteiger partial charge in [0, 0.05) is 0 Å². The van der Waals surface area contributed by atoms with Crippen LogP contribution < -0.4 is 0 Å². The molecular formula is C17H24. The first kappa shape index (κ1) is 11.3. The molecule has 17 heavy (non-hydrogen) atoms. The van der Waals surface area contributed by atoms with Gasteiger partial charge in [-0.3, -0.25) is 0 Å². The Labute approximate surface area is 105 Å². The fourth-order valence-corrected chi connectivity index (χ4v) is 4.11. The SMILES string of the molecule is CCC(C)C1CCC2Cc3ccccc3C2C1. The van der Waals surface area contributed by atoms with Crippen molar-refractivity contribution in [2.24, 2.45) is 17.8 Å². The van der Waals surface area contributed by atoms with Gasteiger partial charge in [-0.2, -0.15) is 0 Å². The predicted molar refractivity (Wildman–Crippen MR) is 73.2 cm³/mol. The summed E-state index contributed by atoms with van der Waals surface area (Å²) in [5.41, 5.74) is 3.33. The molecule has 0 spiro atoms. The van der Waals surface area contributed by atoms with Crippen molar-refractivity contribution in [2.45, 2.75) is 51.9 Å². The molecule has 2 aliphatic carbocycles. The van der Waals surface area contributed by atoms with Crippen LogP contribution in [-0.2, 0) is 6.42 Å². The Kier molecular flexibility index (Phi) is 2.98. The van der Waals surface area contributed by atoms with E-state index in [1.165, 1.54) is 32.1 Å². The highest BCUT2D eigenvalue weighted by Gasteiger charge is 2.38. The van der Waals surface area contributed by atoms with Crippen molar-refractivity contribution in [3.05, 3.63) is 35.4 Å². The van der Waals surface area contributed by atoms with Crippen LogP contribution in [0.2, 0.25) is 0 Å². The van der Waals surface area contributed by atoms with Crippen LogP contribution in [0.3, 0.4) is 0 Å². The van der Waals surface area contributed by atoms with E-state index < -0.39 is 0 Å². The lowest BCUT2D eigenvalue weighted by Crippen LogP contribution is -2.24. The van der Waals surface area contributed by atoms with Crippen LogP contribution >= 0.6 is 0 Å². The molecule has 0 aliphatic heterocycles. The van der Waals surface area contributed by atoms with Gasteiger partial charge in [0.1, 0.15) is 0 Å². The number of rotatable bonds is 2. The van der Waals surface area contributed by atoms with Gasteiger partial charge in [0.15, 0.2) is 0 Å². The summed E-state index contributed by atoms with van der Waals surface area (Å²) in [6.07, 6.45) is 7.10. The molecule has 92 valence electrons. The lowest BCUT2D eigenvalue weighted by Gasteiger charge is -2.35. The van der Waals surface area contributed by atoms with Gasteiger partial charge in [0.2, 0.25) is 0 Å². The van der Waals surface area contributed by atoms with Gasteiger partial charge in [-0.15, -0.1) is 0 Å². The second-order valence-corrected chi connectivity index (χ2v) is 6.23. The van der Waals surface area contributed by atoms with Crippen molar-refractivity contribution >= 4 is 0 Å². The summed E-state index contributed by atoms with van der Waals surface area (Å²) >= 11 is 0. The summed E-state index contributed by atoms with van der Waals surface area (Å²) in [5.74, 6) is 3.75. The molecule has 0 aromatic heterocycles. The molecule has 1 aromatic rings. The van der Waals surface area contributed by atoms with E-state index in [0.29, 0.717) is 0 Å². The summed E-state index contributed by atoms with van der Waals surface area (Å²) < 4.78 is 0. The molecule has 1 aromatic carbocycles. The van der Waals surface area contributed by atoms with Gasteiger partial charge in [-0.25, -0.2) is 0 Å². The Hall–Kier alpha value is -0.780. The van der Waals surface area contributed by atoms with Crippen LogP contribution in [0.1, 0.15) is 56.6 Å². The van der Waals surface area contributed by atoms with Gasteiger partial charge in [0.05, 0.1) is 0 Å². The minimum absolute atomic E-state index is 0.888. The molecule has 0 nitrogen and oxygen atoms in total. The molecule has 0 heterocycles. The Balaban J connectivity index is 1.82. The lowest BCUT2D eigenvalue weighted by molar-refractivity contribution is 0.193. The fourth-order valence-electron chi connectivity index (χ4n) is 4.11. The van der Waals surface area contributed by atoms with E-state index in [1.807, 2.05) is 0 Å². The van der Waals surface area contributed by atoms with Crippen LogP contribution in [0.4, 0.5) is 0 Å². The fraction of sp³-hybridized carbons (Fsp3) is 0.647. The zero-order valence-electron chi connectivity index (χ0n) is 11.2. The summed E-state index contributed by atoms with van der Waals surface area (Å²) in [5, 5.41) is 0. The predicted octanol–water partition coefficient (Wildman–Crippen LogP) is 4.79. The second kappa shape index (κ2) is 4.48. The minimum atomic E-state index is 0.888. The summed E-state index contributed by atoms with van der Waals surface area (Å²) in [6.45, 7) is 4.80. The molecule has 0 amide bonds. The maximum atomic E-state index is 2.45. The van der Waals surface area contributed by atoms with Crippen molar-refractivity contribution in [3.8, 4) is 0 Å². The second-order valence-electron chi connectivity index (χ2n) is 6.23. The Morgan fingerprint density at radius 1 is 1.24 bits per heavy atom. The standard InChI is InChI=1S/C17H24/c1-3-12(2)13-8-9-15-10-14-6-4-5-7-16(14)17(15)11-13/h4-7,12-13,15,17H,3,8-11H2,1-2H3. The molecule has 0 N–H and O–H groups in total. The average molecular weight is 228 g/mol. The van der Waals surface area contributed by atoms with E-state index in [-0.39, 0.29) is 0 Å². The van der Waals surface area contributed by atoms with Gasteiger partial charge in [-0.1, -0.05) is 44.5 Å². The quantitative estimate of drug-likeness (QED) is 0.683. The minimum Gasteiger partial charge on any atom is -0.0651 e. The van der Waals surface area contributed by atoms with E-state index in [1.54, 1.807) is 11.1 Å². The molecule has 1 saturated carbocycles. The summed E-state index contributed by atoms with van der Waals surface area (Å²) in [6, 6.07) is 9.18. The van der Waals surface area contributed by atoms with Gasteiger partial charge < -0.3 is 0 Å². The van der Waals surface area contributed by atoms with E-state index in [2.05, 4.69) is 38.1 Å². The number of hydrogen-bond donors (Lipinski definition) is 0. The molecule has 0 saturated heterocycles. The molecule has 2 aliphatic rings. The zero-order valence-corrected chi connectivity index (χ0v) is 11.2. The Morgan fingerprint density at radius 2 is 2.06 bits per heavy atom. The monoisotopic (exact) mass is 228 g/mol. The highest BCUT2D eigenvalue weighted by molar-refractivity contribution is 5.36. The molecule has 4 unspecified atom stereocenters. The summed E-state index contributed by atoms with van der Waals surface area (Å²) in [7, 11) is 0. The van der Waals surface area contributed by atoms with E-state index in [0.717, 1.165) is 23.7 Å². The maximum absolute atomic E-state index is 2.45. The first-order chi connectivity index (χ1) is 8.29. The Morgan fingerprint density at radius 3 is 2.88 bits per heavy atom. The van der Waals surface area contributed by atoms with Crippen LogP contribution in [0.25, 0.3) is 0 Å². The third-order valence-electron chi connectivity index (χ3n) is 5.42. The van der Waals surface area contributed by atoms with Gasteiger partial charge >= 0.3 is 0 Å². The molecule has 0 bridgehead atoms. The number of fused-ring (bicyclic) bond motifs is 3. The van der Waals surface area contributed by atoms with Crippen LogP contribution in [0.5, 0.6) is 0 Å². The highest BCUT2D eigenvalue weighted by Crippen LogP contribution is 2.49. The van der Waals surface area contributed by atoms with Gasteiger partial charge in [-0.05, 0) is 60.5 Å². The molecule has 0 radical (unpaired) electrons. The topological polar surface area (TPSA) is 0 Å². The molecule has 4 atom stereocenters. The number of hydrogen-bond acceptors (Lipinski definition) is 0. The molecular weight excluding hydrogens is 204 g/mol. The third-order valence-corrected chi connectivity index (χ3v) is 5.42. The van der Waals surface area contributed by atoms with Crippen molar-refractivity contribution in [1.82, 2.24) is 0 Å². The van der Waals surface area contributed by atoms with Crippen LogP contribution in [0, 0.1) is 17.8 Å². The van der Waals surface area contributed by atoms with Crippen LogP contribution in [-0.4, -0.2) is 0 Å². The first-order valence-electron chi connectivity index (χ1n) is 7.37. The average Bonchev–Trinajstić information content (AvgIpc) is 2.75. The van der Waals surface area contributed by atoms with Gasteiger partial charge in [0.25, 0.3) is 0 Å². The zero-order chi connectivity index (χ0) is 11.8. The first-order valence-corrected chi connectivity index (χ1v) is 7.37. The van der Waals surface area contributed by atoms with Crippen molar-refractivity contribution in [2.75, 3.05) is 0 Å². The normalized spacial score (nSPS) is 32.9. The van der Waals surface area contributed by atoms with E-state index in [9.17, 15) is 0 Å². The van der Waals surface area contributed by atoms with Crippen molar-refractivity contribution < 1.29 is 0 Å². The largest absolute Gasteiger partial charge is 0.0651 e. The van der Waals surface area contributed by atoms with E-state index >= 15 is 0 Å². The lowest BCUT2D eigenvalue weighted by atomic mass is 9.70. The molecule has 1 fully saturated rings. The van der Waals surface area contributed by atoms with E-state index in [4.69, 9.17) is 0 Å². The molecule has 3 rings (SSSR count). The maximum Gasteiger partial charge on any atom is -0.0125 e. The number of benzene rings is 1. The third kappa shape index (κ3) is 1.92. The van der Waals surface area contributed by atoms with Crippen molar-refractivity contribution in [1.29, 1.82) is 0 Å². The Bertz CT molecular complexity index is 393. The van der Waals surface area contributed by atoms with Crippen LogP contribution in [0.15, 0.2) is 24.3 Å². The smallest absolute Gasteiger partial charge is 0.0125 e. The van der Waals surface area contributed by atoms with Crippen molar-refractivity contribution in [3.63, 3.8) is 0 Å². The molecule has 0 heteroatoms. The summed E-state index contributed by atoms with van der Waals surface area (Å²) in [4.78, 5) is 0. The highest BCUT2D eigenvalue weighted by atomic mass is 14.4.